The average molecular weight is 247 g/mol. The molecule has 2 saturated heterocycles. The Morgan fingerprint density at radius 1 is 1.50 bits per heavy atom. The summed E-state index contributed by atoms with van der Waals surface area (Å²) in [6.45, 7) is 3.73. The molecule has 1 atom stereocenters. The van der Waals surface area contributed by atoms with Crippen molar-refractivity contribution in [1.29, 1.82) is 0 Å². The third kappa shape index (κ3) is 2.36. The number of likely N-dealkylation sites (tertiary alicyclic amines) is 1. The summed E-state index contributed by atoms with van der Waals surface area (Å²) in [5, 5.41) is 3.10. The van der Waals surface area contributed by atoms with E-state index in [0.717, 1.165) is 13.1 Å². The summed E-state index contributed by atoms with van der Waals surface area (Å²) in [7, 11) is -3.21. The normalized spacial score (nSPS) is 27.2. The molecular formula is C9H17N3O3S. The van der Waals surface area contributed by atoms with Crippen LogP contribution in [0.2, 0.25) is 0 Å². The zero-order valence-corrected chi connectivity index (χ0v) is 10.1. The number of sulfonamides is 1. The van der Waals surface area contributed by atoms with E-state index < -0.39 is 10.0 Å². The maximum Gasteiger partial charge on any atom is 0.224 e. The number of carbonyl (C=O) groups is 1. The second-order valence-electron chi connectivity index (χ2n) is 4.28. The summed E-state index contributed by atoms with van der Waals surface area (Å²) in [4.78, 5) is 13.4. The molecule has 16 heavy (non-hydrogen) atoms. The number of carbonyl (C=O) groups excluding carboxylic acids is 1. The topological polar surface area (TPSA) is 78.5 Å². The van der Waals surface area contributed by atoms with E-state index in [1.165, 1.54) is 0 Å². The van der Waals surface area contributed by atoms with Gasteiger partial charge in [-0.1, -0.05) is 0 Å². The van der Waals surface area contributed by atoms with Crippen molar-refractivity contribution in [3.63, 3.8) is 0 Å². The Hall–Kier alpha value is -0.660. The van der Waals surface area contributed by atoms with Gasteiger partial charge < -0.3 is 10.2 Å². The molecule has 6 nitrogen and oxygen atoms in total. The maximum atomic E-state index is 11.7. The molecule has 2 rings (SSSR count). The van der Waals surface area contributed by atoms with Gasteiger partial charge in [-0.2, -0.15) is 0 Å². The van der Waals surface area contributed by atoms with Crippen LogP contribution >= 0.6 is 0 Å². The van der Waals surface area contributed by atoms with Crippen molar-refractivity contribution < 1.29 is 13.2 Å². The zero-order valence-electron chi connectivity index (χ0n) is 9.27. The third-order valence-electron chi connectivity index (χ3n) is 3.09. The van der Waals surface area contributed by atoms with E-state index >= 15 is 0 Å². The highest BCUT2D eigenvalue weighted by Crippen LogP contribution is 2.17. The number of nitrogens with zero attached hydrogens (tertiary/aromatic N) is 1. The number of rotatable bonds is 4. The Labute approximate surface area is 95.4 Å². The Morgan fingerprint density at radius 3 is 2.69 bits per heavy atom. The Balaban J connectivity index is 1.93. The lowest BCUT2D eigenvalue weighted by Crippen LogP contribution is -2.58. The highest BCUT2D eigenvalue weighted by Gasteiger charge is 2.37. The first-order valence-corrected chi connectivity index (χ1v) is 7.17. The van der Waals surface area contributed by atoms with E-state index in [1.807, 2.05) is 0 Å². The average Bonchev–Trinajstić information content (AvgIpc) is 2.44. The van der Waals surface area contributed by atoms with Crippen LogP contribution in [0.1, 0.15) is 13.3 Å². The van der Waals surface area contributed by atoms with Crippen molar-refractivity contribution in [2.75, 3.05) is 25.4 Å². The molecule has 2 heterocycles. The van der Waals surface area contributed by atoms with Crippen molar-refractivity contribution >= 4 is 15.9 Å². The molecule has 0 bridgehead atoms. The molecule has 0 saturated carbocycles. The molecule has 2 fully saturated rings. The van der Waals surface area contributed by atoms with Gasteiger partial charge in [0, 0.05) is 32.1 Å². The van der Waals surface area contributed by atoms with Crippen molar-refractivity contribution in [2.45, 2.75) is 25.4 Å². The van der Waals surface area contributed by atoms with Gasteiger partial charge >= 0.3 is 0 Å². The predicted molar refractivity (Wildman–Crippen MR) is 59.4 cm³/mol. The van der Waals surface area contributed by atoms with Crippen LogP contribution in [0.4, 0.5) is 0 Å². The van der Waals surface area contributed by atoms with Crippen LogP contribution in [0.5, 0.6) is 0 Å². The molecule has 0 aliphatic carbocycles. The van der Waals surface area contributed by atoms with Crippen molar-refractivity contribution in [1.82, 2.24) is 14.9 Å². The van der Waals surface area contributed by atoms with Crippen molar-refractivity contribution in [3.8, 4) is 0 Å². The molecule has 1 unspecified atom stereocenters. The summed E-state index contributed by atoms with van der Waals surface area (Å²) in [5.41, 5.74) is 0. The van der Waals surface area contributed by atoms with Gasteiger partial charge in [0.2, 0.25) is 15.9 Å². The van der Waals surface area contributed by atoms with Gasteiger partial charge in [-0.05, 0) is 6.92 Å². The number of hydrogen-bond acceptors (Lipinski definition) is 4. The smallest absolute Gasteiger partial charge is 0.224 e. The number of nitrogens with one attached hydrogen (secondary N) is 2. The lowest BCUT2D eigenvalue weighted by atomic mass is 10.1. The lowest BCUT2D eigenvalue weighted by Gasteiger charge is -2.35. The van der Waals surface area contributed by atoms with Crippen LogP contribution in [0.15, 0.2) is 0 Å². The van der Waals surface area contributed by atoms with Gasteiger partial charge in [0.05, 0.1) is 11.8 Å². The fraction of sp³-hybridized carbons (Fsp3) is 0.889. The lowest BCUT2D eigenvalue weighted by molar-refractivity contribution is -0.130. The van der Waals surface area contributed by atoms with Gasteiger partial charge in [0.25, 0.3) is 0 Å². The largest absolute Gasteiger partial charge is 0.335 e. The number of hydrogen-bond donors (Lipinski definition) is 2. The van der Waals surface area contributed by atoms with Crippen LogP contribution in [0.3, 0.4) is 0 Å². The first-order valence-electron chi connectivity index (χ1n) is 5.52. The summed E-state index contributed by atoms with van der Waals surface area (Å²) in [6, 6.07) is 0.00156. The van der Waals surface area contributed by atoms with Crippen LogP contribution in [0.25, 0.3) is 0 Å². The highest BCUT2D eigenvalue weighted by atomic mass is 32.2. The SMILES string of the molecule is CCS(=O)(=O)NC1CC(=O)N(C2CNC2)C1. The molecule has 1 amide bonds. The summed E-state index contributed by atoms with van der Waals surface area (Å²) >= 11 is 0. The van der Waals surface area contributed by atoms with E-state index in [9.17, 15) is 13.2 Å². The van der Waals surface area contributed by atoms with Gasteiger partial charge in [-0.3, -0.25) is 4.79 Å². The maximum absolute atomic E-state index is 11.7. The van der Waals surface area contributed by atoms with Crippen LogP contribution < -0.4 is 10.0 Å². The van der Waals surface area contributed by atoms with E-state index in [0.29, 0.717) is 6.54 Å². The molecule has 0 radical (unpaired) electrons. The molecule has 92 valence electrons. The van der Waals surface area contributed by atoms with Gasteiger partial charge in [0.1, 0.15) is 0 Å². The van der Waals surface area contributed by atoms with Gasteiger partial charge in [-0.25, -0.2) is 13.1 Å². The molecular weight excluding hydrogens is 230 g/mol. The van der Waals surface area contributed by atoms with Crippen LogP contribution in [-0.2, 0) is 14.8 Å². The second-order valence-corrected chi connectivity index (χ2v) is 6.32. The van der Waals surface area contributed by atoms with Crippen molar-refractivity contribution in [2.24, 2.45) is 0 Å². The fourth-order valence-electron chi connectivity index (χ4n) is 1.99. The predicted octanol–water partition coefficient (Wildman–Crippen LogP) is -1.50. The first-order chi connectivity index (χ1) is 7.52. The molecule has 2 N–H and O–H groups in total. The number of amides is 1. The Morgan fingerprint density at radius 2 is 2.19 bits per heavy atom. The molecule has 0 spiro atoms. The first kappa shape index (κ1) is 11.8. The fourth-order valence-corrected chi connectivity index (χ4v) is 2.83. The quantitative estimate of drug-likeness (QED) is 0.633. The van der Waals surface area contributed by atoms with E-state index in [1.54, 1.807) is 11.8 Å². The molecule has 7 heteroatoms. The molecule has 0 aromatic heterocycles. The van der Waals surface area contributed by atoms with E-state index in [4.69, 9.17) is 0 Å². The minimum Gasteiger partial charge on any atom is -0.335 e. The Kier molecular flexibility index (Phi) is 3.18. The van der Waals surface area contributed by atoms with E-state index in [2.05, 4.69) is 10.0 Å². The Bertz CT molecular complexity index is 377. The monoisotopic (exact) mass is 247 g/mol. The second kappa shape index (κ2) is 4.31. The minimum atomic E-state index is -3.21. The van der Waals surface area contributed by atoms with Crippen LogP contribution in [0, 0.1) is 0 Å². The summed E-state index contributed by atoms with van der Waals surface area (Å²) in [5.74, 6) is 0.109. The summed E-state index contributed by atoms with van der Waals surface area (Å²) < 4.78 is 25.3. The molecule has 2 aliphatic heterocycles. The molecule has 0 aromatic carbocycles. The van der Waals surface area contributed by atoms with Gasteiger partial charge in [-0.15, -0.1) is 0 Å². The molecule has 2 aliphatic rings. The minimum absolute atomic E-state index is 0.0512. The van der Waals surface area contributed by atoms with E-state index in [-0.39, 0.29) is 30.2 Å². The third-order valence-corrected chi connectivity index (χ3v) is 4.54. The molecule has 0 aromatic rings. The van der Waals surface area contributed by atoms with Crippen LogP contribution in [-0.4, -0.2) is 56.7 Å². The standard InChI is InChI=1S/C9H17N3O3S/c1-2-16(14,15)11-7-3-9(13)12(6-7)8-4-10-5-8/h7-8,10-11H,2-6H2,1H3. The zero-order chi connectivity index (χ0) is 11.8. The summed E-state index contributed by atoms with van der Waals surface area (Å²) in [6.07, 6.45) is 0.287. The van der Waals surface area contributed by atoms with Gasteiger partial charge in [0.15, 0.2) is 0 Å². The highest BCUT2D eigenvalue weighted by molar-refractivity contribution is 7.89. The van der Waals surface area contributed by atoms with Crippen molar-refractivity contribution in [3.05, 3.63) is 0 Å².